The first-order chi connectivity index (χ1) is 11.2. The molecule has 2 nitrogen and oxygen atoms in total. The van der Waals surface area contributed by atoms with Gasteiger partial charge in [0, 0.05) is 44.3 Å². The van der Waals surface area contributed by atoms with Crippen molar-refractivity contribution in [1.82, 2.24) is 0 Å². The Bertz CT molecular complexity index is 722. The van der Waals surface area contributed by atoms with Crippen molar-refractivity contribution >= 4 is 45.9 Å². The summed E-state index contributed by atoms with van der Waals surface area (Å²) in [6.45, 7) is 1.59. The molecule has 0 atom stereocenters. The molecule has 2 aromatic carbocycles. The quantitative estimate of drug-likeness (QED) is 0.539. The summed E-state index contributed by atoms with van der Waals surface area (Å²) >= 11 is 13.8. The second-order valence-electron chi connectivity index (χ2n) is 5.10. The summed E-state index contributed by atoms with van der Waals surface area (Å²) in [4.78, 5) is 2.57. The molecule has 118 valence electrons. The van der Waals surface area contributed by atoms with Crippen LogP contribution in [0.5, 0.6) is 0 Å². The third-order valence-electron chi connectivity index (χ3n) is 3.30. The van der Waals surface area contributed by atoms with Gasteiger partial charge in [-0.3, -0.25) is 0 Å². The zero-order valence-electron chi connectivity index (χ0n) is 12.4. The second kappa shape index (κ2) is 7.73. The summed E-state index contributed by atoms with van der Waals surface area (Å²) in [5.41, 5.74) is 2.06. The minimum atomic E-state index is 0.743. The van der Waals surface area contributed by atoms with Gasteiger partial charge >= 0.3 is 0 Å². The van der Waals surface area contributed by atoms with Crippen molar-refractivity contribution in [3.8, 4) is 0 Å². The molecule has 1 heterocycles. The fourth-order valence-corrected chi connectivity index (χ4v) is 3.47. The van der Waals surface area contributed by atoms with Crippen molar-refractivity contribution in [2.24, 2.45) is 0 Å². The second-order valence-corrected chi connectivity index (χ2v) is 7.22. The van der Waals surface area contributed by atoms with Crippen LogP contribution in [0.4, 0.5) is 11.4 Å². The molecular weight excluding hydrogens is 347 g/mol. The van der Waals surface area contributed by atoms with Crippen LogP contribution in [0.15, 0.2) is 60.7 Å². The first-order valence-corrected chi connectivity index (χ1v) is 8.83. The number of thiophene rings is 1. The lowest BCUT2D eigenvalue weighted by Gasteiger charge is -2.05. The van der Waals surface area contributed by atoms with E-state index >= 15 is 0 Å². The predicted molar refractivity (Wildman–Crippen MR) is 102 cm³/mol. The Morgan fingerprint density at radius 2 is 1.17 bits per heavy atom. The van der Waals surface area contributed by atoms with Crippen molar-refractivity contribution < 1.29 is 0 Å². The zero-order valence-corrected chi connectivity index (χ0v) is 14.7. The van der Waals surface area contributed by atoms with Crippen molar-refractivity contribution in [3.05, 3.63) is 80.5 Å². The van der Waals surface area contributed by atoms with E-state index in [0.29, 0.717) is 0 Å². The van der Waals surface area contributed by atoms with Gasteiger partial charge in [-0.15, -0.1) is 11.3 Å². The van der Waals surface area contributed by atoms with Crippen LogP contribution in [0.1, 0.15) is 9.75 Å². The highest BCUT2D eigenvalue weighted by atomic mass is 35.5. The lowest BCUT2D eigenvalue weighted by molar-refractivity contribution is 1.19. The molecule has 0 aliphatic carbocycles. The minimum absolute atomic E-state index is 0.743. The molecule has 2 N–H and O–H groups in total. The van der Waals surface area contributed by atoms with Gasteiger partial charge in [-0.1, -0.05) is 35.3 Å². The van der Waals surface area contributed by atoms with E-state index in [1.54, 1.807) is 11.3 Å². The molecule has 0 radical (unpaired) electrons. The van der Waals surface area contributed by atoms with Gasteiger partial charge in [0.05, 0.1) is 0 Å². The Balaban J connectivity index is 1.53. The van der Waals surface area contributed by atoms with E-state index in [9.17, 15) is 0 Å². The van der Waals surface area contributed by atoms with Gasteiger partial charge in [-0.05, 0) is 48.5 Å². The average molecular weight is 363 g/mol. The molecule has 23 heavy (non-hydrogen) atoms. The molecular formula is C18H16Cl2N2S. The summed E-state index contributed by atoms with van der Waals surface area (Å²) in [6.07, 6.45) is 0. The maximum atomic E-state index is 5.99. The van der Waals surface area contributed by atoms with Gasteiger partial charge in [0.25, 0.3) is 0 Å². The van der Waals surface area contributed by atoms with E-state index in [1.165, 1.54) is 9.75 Å². The smallest absolute Gasteiger partial charge is 0.0494 e. The van der Waals surface area contributed by atoms with Gasteiger partial charge in [0.15, 0.2) is 0 Å². The standard InChI is InChI=1S/C18H16Cl2N2S/c19-13-3-1-5-15(9-13)21-11-17-7-8-18(23-17)12-22-16-6-2-4-14(20)10-16/h1-10,21-22H,11-12H2. The Hall–Kier alpha value is -1.68. The molecule has 0 aliphatic rings. The highest BCUT2D eigenvalue weighted by Crippen LogP contribution is 2.22. The first-order valence-electron chi connectivity index (χ1n) is 7.25. The third kappa shape index (κ3) is 4.90. The summed E-state index contributed by atoms with van der Waals surface area (Å²) in [6, 6.07) is 19.8. The van der Waals surface area contributed by atoms with Crippen molar-refractivity contribution in [3.63, 3.8) is 0 Å². The molecule has 3 aromatic rings. The number of hydrogen-bond donors (Lipinski definition) is 2. The van der Waals surface area contributed by atoms with Gasteiger partial charge in [0.1, 0.15) is 0 Å². The van der Waals surface area contributed by atoms with Crippen molar-refractivity contribution in [1.29, 1.82) is 0 Å². The molecule has 5 heteroatoms. The Labute approximate surface area is 150 Å². The number of benzene rings is 2. The molecule has 0 spiro atoms. The molecule has 1 aromatic heterocycles. The Morgan fingerprint density at radius 1 is 0.696 bits per heavy atom. The van der Waals surface area contributed by atoms with Gasteiger partial charge in [0.2, 0.25) is 0 Å². The average Bonchev–Trinajstić information content (AvgIpc) is 2.99. The van der Waals surface area contributed by atoms with E-state index in [-0.39, 0.29) is 0 Å². The van der Waals surface area contributed by atoms with Crippen LogP contribution in [-0.4, -0.2) is 0 Å². The Kier molecular flexibility index (Phi) is 5.44. The SMILES string of the molecule is Clc1cccc(NCc2ccc(CNc3cccc(Cl)c3)s2)c1. The highest BCUT2D eigenvalue weighted by Gasteiger charge is 2.02. The summed E-state index contributed by atoms with van der Waals surface area (Å²) < 4.78 is 0. The third-order valence-corrected chi connectivity index (χ3v) is 4.86. The largest absolute Gasteiger partial charge is 0.380 e. The molecule has 0 bridgehead atoms. The van der Waals surface area contributed by atoms with Gasteiger partial charge in [-0.25, -0.2) is 0 Å². The summed E-state index contributed by atoms with van der Waals surface area (Å²) in [5.74, 6) is 0. The number of halogens is 2. The molecule has 0 fully saturated rings. The zero-order chi connectivity index (χ0) is 16.1. The number of rotatable bonds is 6. The van der Waals surface area contributed by atoms with E-state index in [4.69, 9.17) is 23.2 Å². The molecule has 3 rings (SSSR count). The van der Waals surface area contributed by atoms with Crippen LogP contribution in [0, 0.1) is 0 Å². The topological polar surface area (TPSA) is 24.1 Å². The maximum Gasteiger partial charge on any atom is 0.0494 e. The summed E-state index contributed by atoms with van der Waals surface area (Å²) in [5, 5.41) is 8.26. The molecule has 0 aliphatic heterocycles. The normalized spacial score (nSPS) is 10.5. The molecule has 0 saturated heterocycles. The van der Waals surface area contributed by atoms with Crippen LogP contribution in [0.2, 0.25) is 10.0 Å². The van der Waals surface area contributed by atoms with Crippen LogP contribution in [-0.2, 0) is 13.1 Å². The van der Waals surface area contributed by atoms with E-state index in [0.717, 1.165) is 34.5 Å². The molecule has 0 amide bonds. The minimum Gasteiger partial charge on any atom is -0.380 e. The number of nitrogens with one attached hydrogen (secondary N) is 2. The maximum absolute atomic E-state index is 5.99. The first kappa shape index (κ1) is 16.2. The Morgan fingerprint density at radius 3 is 1.61 bits per heavy atom. The lowest BCUT2D eigenvalue weighted by atomic mass is 10.3. The van der Waals surface area contributed by atoms with Crippen LogP contribution >= 0.6 is 34.5 Å². The monoisotopic (exact) mass is 362 g/mol. The van der Waals surface area contributed by atoms with E-state index < -0.39 is 0 Å². The van der Waals surface area contributed by atoms with E-state index in [1.807, 2.05) is 48.5 Å². The van der Waals surface area contributed by atoms with Crippen molar-refractivity contribution in [2.45, 2.75) is 13.1 Å². The highest BCUT2D eigenvalue weighted by molar-refractivity contribution is 7.12. The molecule has 0 unspecified atom stereocenters. The van der Waals surface area contributed by atoms with Crippen LogP contribution in [0.25, 0.3) is 0 Å². The number of hydrogen-bond acceptors (Lipinski definition) is 3. The van der Waals surface area contributed by atoms with Gasteiger partial charge in [-0.2, -0.15) is 0 Å². The van der Waals surface area contributed by atoms with Crippen molar-refractivity contribution in [2.75, 3.05) is 10.6 Å². The lowest BCUT2D eigenvalue weighted by Crippen LogP contribution is -1.97. The molecule has 0 saturated carbocycles. The van der Waals surface area contributed by atoms with Crippen LogP contribution < -0.4 is 10.6 Å². The fraction of sp³-hybridized carbons (Fsp3) is 0.111. The number of anilines is 2. The fourth-order valence-electron chi connectivity index (χ4n) is 2.19. The van der Waals surface area contributed by atoms with Gasteiger partial charge < -0.3 is 10.6 Å². The van der Waals surface area contributed by atoms with E-state index in [2.05, 4.69) is 22.8 Å². The summed E-state index contributed by atoms with van der Waals surface area (Å²) in [7, 11) is 0. The predicted octanol–water partition coefficient (Wildman–Crippen LogP) is 6.28. The van der Waals surface area contributed by atoms with Crippen LogP contribution in [0.3, 0.4) is 0 Å².